The number of hydrogen-bond acceptors (Lipinski definition) is 3. The van der Waals surface area contributed by atoms with Crippen LogP contribution in [0.2, 0.25) is 0 Å². The summed E-state index contributed by atoms with van der Waals surface area (Å²) in [6.45, 7) is 7.02. The minimum atomic E-state index is -3.44. The van der Waals surface area contributed by atoms with Gasteiger partial charge < -0.3 is 4.74 Å². The lowest BCUT2D eigenvalue weighted by Crippen LogP contribution is -2.32. The van der Waals surface area contributed by atoms with Crippen molar-refractivity contribution in [3.05, 3.63) is 28.8 Å². The molecule has 0 aliphatic carbocycles. The highest BCUT2D eigenvalue weighted by Gasteiger charge is 2.26. The molecule has 0 spiro atoms. The fourth-order valence-electron chi connectivity index (χ4n) is 3.21. The van der Waals surface area contributed by atoms with Gasteiger partial charge in [0.25, 0.3) is 0 Å². The first kappa shape index (κ1) is 17.4. The predicted octanol–water partition coefficient (Wildman–Crippen LogP) is 3.19. The van der Waals surface area contributed by atoms with E-state index in [2.05, 4.69) is 0 Å². The van der Waals surface area contributed by atoms with E-state index >= 15 is 0 Å². The maximum absolute atomic E-state index is 12.8. The summed E-state index contributed by atoms with van der Waals surface area (Å²) in [5.41, 5.74) is 2.73. The first-order chi connectivity index (χ1) is 10.3. The third kappa shape index (κ3) is 3.89. The molecule has 1 atom stereocenters. The largest absolute Gasteiger partial charge is 0.378 e. The maximum Gasteiger partial charge on any atom is 0.243 e. The highest BCUT2D eigenvalue weighted by molar-refractivity contribution is 7.89. The van der Waals surface area contributed by atoms with Crippen LogP contribution in [0, 0.1) is 20.8 Å². The lowest BCUT2D eigenvalue weighted by molar-refractivity contribution is 0.00950. The molecule has 0 N–H and O–H groups in total. The SMILES string of the molecule is Cc1cc(C)c(S(=O)(=O)N(C)CCC2CCCCO2)c(C)c1. The first-order valence-corrected chi connectivity index (χ1v) is 9.42. The molecule has 0 amide bonds. The van der Waals surface area contributed by atoms with Crippen molar-refractivity contribution in [2.45, 2.75) is 57.5 Å². The number of aryl methyl sites for hydroxylation is 3. The van der Waals surface area contributed by atoms with E-state index in [4.69, 9.17) is 4.74 Å². The van der Waals surface area contributed by atoms with Crippen LogP contribution in [0.4, 0.5) is 0 Å². The molecule has 0 bridgehead atoms. The number of benzene rings is 1. The average Bonchev–Trinajstić information content (AvgIpc) is 2.44. The van der Waals surface area contributed by atoms with E-state index in [0.29, 0.717) is 11.4 Å². The van der Waals surface area contributed by atoms with Gasteiger partial charge in [-0.15, -0.1) is 0 Å². The second kappa shape index (κ2) is 7.11. The zero-order valence-electron chi connectivity index (χ0n) is 14.1. The van der Waals surface area contributed by atoms with Crippen LogP contribution in [0.5, 0.6) is 0 Å². The molecular weight excluding hydrogens is 298 g/mol. The molecule has 22 heavy (non-hydrogen) atoms. The van der Waals surface area contributed by atoms with E-state index in [9.17, 15) is 8.42 Å². The maximum atomic E-state index is 12.8. The summed E-state index contributed by atoms with van der Waals surface area (Å²) < 4.78 is 32.8. The van der Waals surface area contributed by atoms with E-state index in [1.807, 2.05) is 32.9 Å². The summed E-state index contributed by atoms with van der Waals surface area (Å²) in [7, 11) is -1.78. The van der Waals surface area contributed by atoms with Crippen molar-refractivity contribution in [1.82, 2.24) is 4.31 Å². The van der Waals surface area contributed by atoms with E-state index in [0.717, 1.165) is 42.6 Å². The zero-order chi connectivity index (χ0) is 16.3. The standard InChI is InChI=1S/C17H27NO3S/c1-13-11-14(2)17(15(3)12-13)22(19,20)18(4)9-8-16-7-5-6-10-21-16/h11-12,16H,5-10H2,1-4H3. The number of rotatable bonds is 5. The Morgan fingerprint density at radius 1 is 1.18 bits per heavy atom. The summed E-state index contributed by atoms with van der Waals surface area (Å²) in [5.74, 6) is 0. The minimum absolute atomic E-state index is 0.201. The van der Waals surface area contributed by atoms with Crippen LogP contribution in [0.1, 0.15) is 42.4 Å². The Morgan fingerprint density at radius 2 is 1.82 bits per heavy atom. The molecule has 1 aromatic rings. The van der Waals surface area contributed by atoms with Gasteiger partial charge in [0.15, 0.2) is 0 Å². The van der Waals surface area contributed by atoms with Crippen LogP contribution in [-0.2, 0) is 14.8 Å². The highest BCUT2D eigenvalue weighted by atomic mass is 32.2. The number of ether oxygens (including phenoxy) is 1. The van der Waals surface area contributed by atoms with Gasteiger partial charge in [0.05, 0.1) is 11.0 Å². The molecule has 1 heterocycles. The van der Waals surface area contributed by atoms with Crippen LogP contribution >= 0.6 is 0 Å². The molecule has 1 aromatic carbocycles. The Labute approximate surface area is 134 Å². The fourth-order valence-corrected chi connectivity index (χ4v) is 4.80. The Bertz CT molecular complexity index is 596. The van der Waals surface area contributed by atoms with Crippen molar-refractivity contribution in [2.75, 3.05) is 20.2 Å². The van der Waals surface area contributed by atoms with Crippen molar-refractivity contribution in [3.8, 4) is 0 Å². The number of sulfonamides is 1. The minimum Gasteiger partial charge on any atom is -0.378 e. The quantitative estimate of drug-likeness (QED) is 0.835. The van der Waals surface area contributed by atoms with Gasteiger partial charge in [-0.3, -0.25) is 0 Å². The smallest absolute Gasteiger partial charge is 0.243 e. The Morgan fingerprint density at radius 3 is 2.36 bits per heavy atom. The second-order valence-electron chi connectivity index (χ2n) is 6.33. The van der Waals surface area contributed by atoms with Gasteiger partial charge in [-0.1, -0.05) is 17.7 Å². The number of hydrogen-bond donors (Lipinski definition) is 0. The molecule has 1 unspecified atom stereocenters. The predicted molar refractivity (Wildman–Crippen MR) is 88.7 cm³/mol. The normalized spacial score (nSPS) is 19.6. The molecule has 2 rings (SSSR count). The molecular formula is C17H27NO3S. The van der Waals surface area contributed by atoms with Crippen LogP contribution in [0.25, 0.3) is 0 Å². The summed E-state index contributed by atoms with van der Waals surface area (Å²) in [4.78, 5) is 0.449. The molecule has 0 radical (unpaired) electrons. The van der Waals surface area contributed by atoms with Gasteiger partial charge in [0, 0.05) is 20.2 Å². The van der Waals surface area contributed by atoms with Crippen LogP contribution in [-0.4, -0.2) is 39.0 Å². The van der Waals surface area contributed by atoms with Crippen LogP contribution < -0.4 is 0 Å². The van der Waals surface area contributed by atoms with E-state index in [-0.39, 0.29) is 6.10 Å². The van der Waals surface area contributed by atoms with Crippen molar-refractivity contribution >= 4 is 10.0 Å². The molecule has 0 aromatic heterocycles. The second-order valence-corrected chi connectivity index (χ2v) is 8.31. The molecule has 1 aliphatic rings. The highest BCUT2D eigenvalue weighted by Crippen LogP contribution is 2.25. The molecule has 1 saturated heterocycles. The zero-order valence-corrected chi connectivity index (χ0v) is 14.9. The Balaban J connectivity index is 2.12. The lowest BCUT2D eigenvalue weighted by Gasteiger charge is -2.25. The van der Waals surface area contributed by atoms with Gasteiger partial charge in [0.1, 0.15) is 0 Å². The van der Waals surface area contributed by atoms with Crippen molar-refractivity contribution in [2.24, 2.45) is 0 Å². The summed E-state index contributed by atoms with van der Waals surface area (Å²) in [5, 5.41) is 0. The van der Waals surface area contributed by atoms with Gasteiger partial charge in [-0.05, 0) is 57.6 Å². The first-order valence-electron chi connectivity index (χ1n) is 7.98. The van der Waals surface area contributed by atoms with Crippen molar-refractivity contribution in [1.29, 1.82) is 0 Å². The molecule has 1 aliphatic heterocycles. The van der Waals surface area contributed by atoms with Crippen molar-refractivity contribution in [3.63, 3.8) is 0 Å². The van der Waals surface area contributed by atoms with Crippen LogP contribution in [0.3, 0.4) is 0 Å². The third-order valence-corrected chi connectivity index (χ3v) is 6.48. The fraction of sp³-hybridized carbons (Fsp3) is 0.647. The summed E-state index contributed by atoms with van der Waals surface area (Å²) in [6, 6.07) is 3.86. The van der Waals surface area contributed by atoms with Gasteiger partial charge >= 0.3 is 0 Å². The summed E-state index contributed by atoms with van der Waals surface area (Å²) in [6.07, 6.45) is 4.30. The average molecular weight is 325 g/mol. The topological polar surface area (TPSA) is 46.6 Å². The molecule has 0 saturated carbocycles. The van der Waals surface area contributed by atoms with E-state index in [1.165, 1.54) is 10.7 Å². The molecule has 124 valence electrons. The summed E-state index contributed by atoms with van der Waals surface area (Å²) >= 11 is 0. The van der Waals surface area contributed by atoms with E-state index in [1.54, 1.807) is 7.05 Å². The van der Waals surface area contributed by atoms with Gasteiger partial charge in [-0.2, -0.15) is 0 Å². The van der Waals surface area contributed by atoms with Crippen molar-refractivity contribution < 1.29 is 13.2 Å². The lowest BCUT2D eigenvalue weighted by atomic mass is 10.1. The Kier molecular flexibility index (Phi) is 5.64. The molecule has 1 fully saturated rings. The van der Waals surface area contributed by atoms with E-state index < -0.39 is 10.0 Å². The third-order valence-electron chi connectivity index (χ3n) is 4.31. The Hall–Kier alpha value is -0.910. The molecule has 4 nitrogen and oxygen atoms in total. The molecule has 5 heteroatoms. The van der Waals surface area contributed by atoms with Gasteiger partial charge in [-0.25, -0.2) is 12.7 Å². The van der Waals surface area contributed by atoms with Gasteiger partial charge in [0.2, 0.25) is 10.0 Å². The number of nitrogens with zero attached hydrogens (tertiary/aromatic N) is 1. The van der Waals surface area contributed by atoms with Crippen LogP contribution in [0.15, 0.2) is 17.0 Å². The monoisotopic (exact) mass is 325 g/mol.